The van der Waals surface area contributed by atoms with Gasteiger partial charge >= 0.3 is 0 Å². The first-order valence-electron chi connectivity index (χ1n) is 8.41. The van der Waals surface area contributed by atoms with Gasteiger partial charge in [-0.25, -0.2) is 4.68 Å². The Morgan fingerprint density at radius 2 is 2.00 bits per heavy atom. The second-order valence-electron chi connectivity index (χ2n) is 6.22. The van der Waals surface area contributed by atoms with Crippen LogP contribution in [-0.4, -0.2) is 26.1 Å². The zero-order chi connectivity index (χ0) is 18.5. The van der Waals surface area contributed by atoms with E-state index < -0.39 is 0 Å². The Morgan fingerprint density at radius 1 is 1.19 bits per heavy atom. The molecule has 0 bridgehead atoms. The van der Waals surface area contributed by atoms with Crippen LogP contribution in [-0.2, 0) is 6.61 Å². The number of ether oxygens (including phenoxy) is 1. The molecular weight excluding hydrogens is 330 g/mol. The summed E-state index contributed by atoms with van der Waals surface area (Å²) >= 11 is 0. The summed E-state index contributed by atoms with van der Waals surface area (Å²) < 4.78 is 7.47. The van der Waals surface area contributed by atoms with Crippen molar-refractivity contribution in [1.29, 1.82) is 0 Å². The summed E-state index contributed by atoms with van der Waals surface area (Å²) in [5, 5.41) is 14.5. The number of amides is 1. The van der Waals surface area contributed by atoms with Crippen molar-refractivity contribution in [2.45, 2.75) is 33.4 Å². The first kappa shape index (κ1) is 17.6. The van der Waals surface area contributed by atoms with Crippen LogP contribution < -0.4 is 10.1 Å². The van der Waals surface area contributed by atoms with Crippen LogP contribution in [0.3, 0.4) is 0 Å². The maximum absolute atomic E-state index is 12.5. The number of aryl methyl sites for hydroxylation is 1. The highest BCUT2D eigenvalue weighted by Crippen LogP contribution is 2.18. The number of aromatic nitrogens is 4. The Hall–Kier alpha value is -3.22. The number of anilines is 1. The first-order chi connectivity index (χ1) is 12.5. The molecule has 134 valence electrons. The summed E-state index contributed by atoms with van der Waals surface area (Å²) in [5.74, 6) is 1.03. The van der Waals surface area contributed by atoms with Gasteiger partial charge in [0.2, 0.25) is 0 Å². The Bertz CT molecular complexity index is 904. The van der Waals surface area contributed by atoms with Gasteiger partial charge in [0.25, 0.3) is 5.91 Å². The van der Waals surface area contributed by atoms with Crippen molar-refractivity contribution in [2.24, 2.45) is 0 Å². The van der Waals surface area contributed by atoms with Gasteiger partial charge in [0.15, 0.2) is 5.82 Å². The number of hydrogen-bond donors (Lipinski definition) is 1. The van der Waals surface area contributed by atoms with E-state index in [0.29, 0.717) is 17.1 Å². The molecule has 0 unspecified atom stereocenters. The molecule has 0 aliphatic carbocycles. The van der Waals surface area contributed by atoms with E-state index in [1.807, 2.05) is 45.0 Å². The molecule has 0 saturated heterocycles. The summed E-state index contributed by atoms with van der Waals surface area (Å²) in [6.45, 7) is 6.18. The molecule has 1 amide bonds. The van der Waals surface area contributed by atoms with E-state index in [1.54, 1.807) is 28.9 Å². The fraction of sp³-hybridized carbons (Fsp3) is 0.263. The number of carbonyl (C=O) groups is 1. The zero-order valence-corrected chi connectivity index (χ0v) is 15.0. The molecule has 7 nitrogen and oxygen atoms in total. The predicted octanol–water partition coefficient (Wildman–Crippen LogP) is 3.39. The summed E-state index contributed by atoms with van der Waals surface area (Å²) in [5.41, 5.74) is 2.32. The van der Waals surface area contributed by atoms with E-state index in [0.717, 1.165) is 11.3 Å². The maximum Gasteiger partial charge on any atom is 0.255 e. The van der Waals surface area contributed by atoms with Crippen LogP contribution in [0, 0.1) is 6.92 Å². The van der Waals surface area contributed by atoms with Crippen LogP contribution in [0.15, 0.2) is 48.5 Å². The topological polar surface area (TPSA) is 81.9 Å². The molecule has 1 aromatic heterocycles. The van der Waals surface area contributed by atoms with Gasteiger partial charge in [-0.3, -0.25) is 4.79 Å². The largest absolute Gasteiger partial charge is 0.486 e. The fourth-order valence-corrected chi connectivity index (χ4v) is 2.49. The van der Waals surface area contributed by atoms with Crippen molar-refractivity contribution < 1.29 is 9.53 Å². The van der Waals surface area contributed by atoms with Crippen molar-refractivity contribution in [2.75, 3.05) is 5.32 Å². The van der Waals surface area contributed by atoms with E-state index in [2.05, 4.69) is 20.8 Å². The van der Waals surface area contributed by atoms with Gasteiger partial charge in [-0.2, -0.15) is 0 Å². The molecule has 0 aliphatic heterocycles. The molecule has 2 aromatic carbocycles. The Labute approximate surface area is 152 Å². The number of nitrogens with one attached hydrogen (secondary N) is 1. The molecule has 0 radical (unpaired) electrons. The summed E-state index contributed by atoms with van der Waals surface area (Å²) in [6.07, 6.45) is 0. The average Bonchev–Trinajstić information content (AvgIpc) is 3.11. The second kappa shape index (κ2) is 7.77. The zero-order valence-electron chi connectivity index (χ0n) is 15.0. The van der Waals surface area contributed by atoms with Crippen molar-refractivity contribution in [3.8, 4) is 5.75 Å². The Morgan fingerprint density at radius 3 is 2.77 bits per heavy atom. The van der Waals surface area contributed by atoms with Crippen molar-refractivity contribution in [1.82, 2.24) is 20.2 Å². The van der Waals surface area contributed by atoms with E-state index in [9.17, 15) is 4.79 Å². The average molecular weight is 351 g/mol. The standard InChI is InChI=1S/C19H21N5O2/c1-13(2)24-18(21-22-23-24)12-26-16-9-6-8-15(11-16)19(25)20-17-10-5-4-7-14(17)3/h4-11,13H,12H2,1-3H3,(H,20,25). The van der Waals surface area contributed by atoms with Gasteiger partial charge in [-0.05, 0) is 61.0 Å². The van der Waals surface area contributed by atoms with Gasteiger partial charge in [0.1, 0.15) is 12.4 Å². The van der Waals surface area contributed by atoms with Crippen LogP contribution in [0.25, 0.3) is 0 Å². The first-order valence-corrected chi connectivity index (χ1v) is 8.41. The van der Waals surface area contributed by atoms with Crippen LogP contribution in [0.4, 0.5) is 5.69 Å². The number of carbonyl (C=O) groups excluding carboxylic acids is 1. The number of tetrazole rings is 1. The number of benzene rings is 2. The Kier molecular flexibility index (Phi) is 5.26. The molecule has 0 fully saturated rings. The predicted molar refractivity (Wildman–Crippen MR) is 98.1 cm³/mol. The van der Waals surface area contributed by atoms with E-state index >= 15 is 0 Å². The Balaban J connectivity index is 1.69. The third kappa shape index (κ3) is 4.05. The highest BCUT2D eigenvalue weighted by molar-refractivity contribution is 6.04. The molecule has 3 aromatic rings. The number of hydrogen-bond acceptors (Lipinski definition) is 5. The lowest BCUT2D eigenvalue weighted by atomic mass is 10.1. The molecule has 0 saturated carbocycles. The minimum atomic E-state index is -0.184. The normalized spacial score (nSPS) is 10.8. The highest BCUT2D eigenvalue weighted by Gasteiger charge is 2.11. The third-order valence-corrected chi connectivity index (χ3v) is 3.91. The molecule has 0 aliphatic rings. The monoisotopic (exact) mass is 351 g/mol. The van der Waals surface area contributed by atoms with E-state index in [-0.39, 0.29) is 18.6 Å². The summed E-state index contributed by atoms with van der Waals surface area (Å²) in [4.78, 5) is 12.5. The smallest absolute Gasteiger partial charge is 0.255 e. The minimum absolute atomic E-state index is 0.148. The van der Waals surface area contributed by atoms with Crippen molar-refractivity contribution in [3.05, 3.63) is 65.5 Å². The fourth-order valence-electron chi connectivity index (χ4n) is 2.49. The van der Waals surface area contributed by atoms with Crippen LogP contribution in [0.1, 0.15) is 41.6 Å². The van der Waals surface area contributed by atoms with Gasteiger partial charge in [-0.15, -0.1) is 5.10 Å². The third-order valence-electron chi connectivity index (χ3n) is 3.91. The quantitative estimate of drug-likeness (QED) is 0.736. The van der Waals surface area contributed by atoms with Crippen LogP contribution in [0.2, 0.25) is 0 Å². The SMILES string of the molecule is Cc1ccccc1NC(=O)c1cccc(OCc2nnnn2C(C)C)c1. The van der Waals surface area contributed by atoms with Gasteiger partial charge in [0, 0.05) is 11.3 Å². The van der Waals surface area contributed by atoms with Crippen LogP contribution in [0.5, 0.6) is 5.75 Å². The summed E-state index contributed by atoms with van der Waals surface area (Å²) in [6, 6.07) is 14.8. The lowest BCUT2D eigenvalue weighted by Crippen LogP contribution is -2.13. The molecule has 0 spiro atoms. The maximum atomic E-state index is 12.5. The van der Waals surface area contributed by atoms with E-state index in [1.165, 1.54) is 0 Å². The lowest BCUT2D eigenvalue weighted by molar-refractivity contribution is 0.102. The molecule has 1 N–H and O–H groups in total. The van der Waals surface area contributed by atoms with Gasteiger partial charge < -0.3 is 10.1 Å². The van der Waals surface area contributed by atoms with Crippen molar-refractivity contribution >= 4 is 11.6 Å². The molecule has 7 heteroatoms. The summed E-state index contributed by atoms with van der Waals surface area (Å²) in [7, 11) is 0. The van der Waals surface area contributed by atoms with Gasteiger partial charge in [-0.1, -0.05) is 24.3 Å². The van der Waals surface area contributed by atoms with E-state index in [4.69, 9.17) is 4.74 Å². The molecule has 1 heterocycles. The minimum Gasteiger partial charge on any atom is -0.486 e. The van der Waals surface area contributed by atoms with Crippen molar-refractivity contribution in [3.63, 3.8) is 0 Å². The number of rotatable bonds is 6. The molecular formula is C19H21N5O2. The molecule has 3 rings (SSSR count). The highest BCUT2D eigenvalue weighted by atomic mass is 16.5. The number of nitrogens with zero attached hydrogens (tertiary/aromatic N) is 4. The van der Waals surface area contributed by atoms with Crippen LogP contribution >= 0.6 is 0 Å². The second-order valence-corrected chi connectivity index (χ2v) is 6.22. The van der Waals surface area contributed by atoms with Gasteiger partial charge in [0.05, 0.1) is 6.04 Å². The molecule has 26 heavy (non-hydrogen) atoms. The number of para-hydroxylation sites is 1. The lowest BCUT2D eigenvalue weighted by Gasteiger charge is -2.11. The molecule has 0 atom stereocenters.